The topological polar surface area (TPSA) is 35.2 Å². The smallest absolute Gasteiger partial charge is 0.0953 e. The highest BCUT2D eigenvalue weighted by atomic mass is 16.5. The van der Waals surface area contributed by atoms with E-state index in [1.54, 1.807) is 0 Å². The summed E-state index contributed by atoms with van der Waals surface area (Å²) >= 11 is 0. The zero-order chi connectivity index (χ0) is 11.3. The monoisotopic (exact) mass is 207 g/mol. The summed E-state index contributed by atoms with van der Waals surface area (Å²) < 4.78 is 5.80. The molecule has 0 amide bonds. The van der Waals surface area contributed by atoms with Crippen LogP contribution in [0.4, 0.5) is 0 Å². The van der Waals surface area contributed by atoms with E-state index in [1.807, 2.05) is 19.9 Å². The summed E-state index contributed by atoms with van der Waals surface area (Å²) in [6, 6.07) is 8.35. The summed E-state index contributed by atoms with van der Waals surface area (Å²) in [5.41, 5.74) is 8.31. The van der Waals surface area contributed by atoms with Gasteiger partial charge < -0.3 is 10.5 Å². The molecule has 1 rings (SSSR count). The van der Waals surface area contributed by atoms with Gasteiger partial charge in [0.1, 0.15) is 0 Å². The molecule has 0 radical (unpaired) electrons. The lowest BCUT2D eigenvalue weighted by molar-refractivity contribution is 0.0115. The fraction of sp³-hybridized carbons (Fsp3) is 0.538. The lowest BCUT2D eigenvalue weighted by atomic mass is 10.0. The van der Waals surface area contributed by atoms with Gasteiger partial charge in [0, 0.05) is 6.54 Å². The fourth-order valence-electron chi connectivity index (χ4n) is 1.75. The van der Waals surface area contributed by atoms with Gasteiger partial charge in [-0.05, 0) is 31.4 Å². The van der Waals surface area contributed by atoms with Crippen LogP contribution >= 0.6 is 0 Å². The first-order valence-electron chi connectivity index (χ1n) is 5.62. The minimum absolute atomic E-state index is 0.0288. The van der Waals surface area contributed by atoms with Crippen LogP contribution in [0.1, 0.15) is 38.0 Å². The number of ether oxygens (including phenoxy) is 1. The molecule has 15 heavy (non-hydrogen) atoms. The molecular weight excluding hydrogens is 186 g/mol. The van der Waals surface area contributed by atoms with Crippen LogP contribution in [0.3, 0.4) is 0 Å². The Morgan fingerprint density at radius 3 is 2.47 bits per heavy atom. The van der Waals surface area contributed by atoms with Crippen LogP contribution in [0, 0.1) is 0 Å². The van der Waals surface area contributed by atoms with Crippen LogP contribution in [-0.4, -0.2) is 12.6 Å². The molecule has 2 nitrogen and oxygen atoms in total. The molecule has 0 saturated heterocycles. The summed E-state index contributed by atoms with van der Waals surface area (Å²) in [5.74, 6) is 0. The highest BCUT2D eigenvalue weighted by molar-refractivity contribution is 5.29. The maximum Gasteiger partial charge on any atom is 0.0953 e. The molecule has 0 fully saturated rings. The van der Waals surface area contributed by atoms with E-state index < -0.39 is 0 Å². The summed E-state index contributed by atoms with van der Waals surface area (Å²) in [4.78, 5) is 0. The number of nitrogens with two attached hydrogens (primary N) is 1. The molecule has 0 spiro atoms. The molecule has 0 aliphatic heterocycles. The Balaban J connectivity index is 2.90. The SMILES string of the molecule is CCc1ccccc1C(CN)OC(C)C. The minimum atomic E-state index is 0.0288. The van der Waals surface area contributed by atoms with Crippen molar-refractivity contribution < 1.29 is 4.74 Å². The second-order valence-electron chi connectivity index (χ2n) is 3.96. The van der Waals surface area contributed by atoms with Gasteiger partial charge >= 0.3 is 0 Å². The van der Waals surface area contributed by atoms with E-state index in [-0.39, 0.29) is 12.2 Å². The van der Waals surface area contributed by atoms with E-state index >= 15 is 0 Å². The Kier molecular flexibility index (Phi) is 4.79. The van der Waals surface area contributed by atoms with Crippen LogP contribution in [0.25, 0.3) is 0 Å². The molecule has 2 heteroatoms. The number of aryl methyl sites for hydroxylation is 1. The van der Waals surface area contributed by atoms with Gasteiger partial charge in [-0.3, -0.25) is 0 Å². The van der Waals surface area contributed by atoms with Gasteiger partial charge in [0.2, 0.25) is 0 Å². The first-order chi connectivity index (χ1) is 7.19. The lowest BCUT2D eigenvalue weighted by Crippen LogP contribution is -2.20. The molecule has 0 aliphatic carbocycles. The van der Waals surface area contributed by atoms with Crippen LogP contribution in [0.2, 0.25) is 0 Å². The third-order valence-electron chi connectivity index (χ3n) is 2.43. The van der Waals surface area contributed by atoms with Gasteiger partial charge in [-0.1, -0.05) is 31.2 Å². The average molecular weight is 207 g/mol. The Bertz CT molecular complexity index is 296. The average Bonchev–Trinajstić information content (AvgIpc) is 2.25. The standard InChI is InChI=1S/C13H21NO/c1-4-11-7-5-6-8-12(11)13(9-14)15-10(2)3/h5-8,10,13H,4,9,14H2,1-3H3. The molecule has 0 bridgehead atoms. The number of hydrogen-bond acceptors (Lipinski definition) is 2. The molecule has 1 aromatic carbocycles. The van der Waals surface area contributed by atoms with Gasteiger partial charge in [0.05, 0.1) is 12.2 Å². The first kappa shape index (κ1) is 12.2. The maximum absolute atomic E-state index is 5.80. The van der Waals surface area contributed by atoms with Crippen LogP contribution in [0.5, 0.6) is 0 Å². The molecule has 2 N–H and O–H groups in total. The van der Waals surface area contributed by atoms with Gasteiger partial charge in [-0.2, -0.15) is 0 Å². The van der Waals surface area contributed by atoms with E-state index in [2.05, 4.69) is 25.1 Å². The quantitative estimate of drug-likeness (QED) is 0.805. The predicted molar refractivity (Wildman–Crippen MR) is 63.8 cm³/mol. The van der Waals surface area contributed by atoms with Crippen molar-refractivity contribution in [2.75, 3.05) is 6.54 Å². The molecule has 1 atom stereocenters. The van der Waals surface area contributed by atoms with Gasteiger partial charge in [0.25, 0.3) is 0 Å². The molecule has 1 aromatic rings. The van der Waals surface area contributed by atoms with Gasteiger partial charge in [-0.15, -0.1) is 0 Å². The normalized spacial score (nSPS) is 13.1. The molecule has 0 aliphatic rings. The predicted octanol–water partition coefficient (Wildman–Crippen LogP) is 2.67. The van der Waals surface area contributed by atoms with Crippen molar-refractivity contribution in [1.29, 1.82) is 0 Å². The van der Waals surface area contributed by atoms with E-state index in [4.69, 9.17) is 10.5 Å². The largest absolute Gasteiger partial charge is 0.370 e. The molecule has 84 valence electrons. The van der Waals surface area contributed by atoms with Crippen molar-refractivity contribution in [2.45, 2.75) is 39.4 Å². The van der Waals surface area contributed by atoms with E-state index in [0.717, 1.165) is 6.42 Å². The Hall–Kier alpha value is -0.860. The fourth-order valence-corrected chi connectivity index (χ4v) is 1.75. The van der Waals surface area contributed by atoms with E-state index in [0.29, 0.717) is 6.54 Å². The maximum atomic E-state index is 5.80. The zero-order valence-corrected chi connectivity index (χ0v) is 9.86. The van der Waals surface area contributed by atoms with Crippen LogP contribution in [0.15, 0.2) is 24.3 Å². The highest BCUT2D eigenvalue weighted by Gasteiger charge is 2.14. The van der Waals surface area contributed by atoms with Crippen LogP contribution in [-0.2, 0) is 11.2 Å². The number of rotatable bonds is 5. The van der Waals surface area contributed by atoms with Crippen molar-refractivity contribution in [3.05, 3.63) is 35.4 Å². The summed E-state index contributed by atoms with van der Waals surface area (Å²) in [6.45, 7) is 6.77. The van der Waals surface area contributed by atoms with E-state index in [1.165, 1.54) is 11.1 Å². The molecule has 0 heterocycles. The van der Waals surface area contributed by atoms with Crippen molar-refractivity contribution in [3.8, 4) is 0 Å². The minimum Gasteiger partial charge on any atom is -0.370 e. The summed E-state index contributed by atoms with van der Waals surface area (Å²) in [6.07, 6.45) is 1.26. The second kappa shape index (κ2) is 5.89. The second-order valence-corrected chi connectivity index (χ2v) is 3.96. The summed E-state index contributed by atoms with van der Waals surface area (Å²) in [7, 11) is 0. The van der Waals surface area contributed by atoms with Crippen LogP contribution < -0.4 is 5.73 Å². The third kappa shape index (κ3) is 3.33. The van der Waals surface area contributed by atoms with E-state index in [9.17, 15) is 0 Å². The zero-order valence-electron chi connectivity index (χ0n) is 9.86. The molecule has 0 aromatic heterocycles. The number of benzene rings is 1. The lowest BCUT2D eigenvalue weighted by Gasteiger charge is -2.21. The Labute approximate surface area is 92.4 Å². The number of hydrogen-bond donors (Lipinski definition) is 1. The Morgan fingerprint density at radius 2 is 1.93 bits per heavy atom. The van der Waals surface area contributed by atoms with Gasteiger partial charge in [-0.25, -0.2) is 0 Å². The highest BCUT2D eigenvalue weighted by Crippen LogP contribution is 2.22. The van der Waals surface area contributed by atoms with Crippen molar-refractivity contribution in [1.82, 2.24) is 0 Å². The molecule has 0 saturated carbocycles. The summed E-state index contributed by atoms with van der Waals surface area (Å²) in [5, 5.41) is 0. The Morgan fingerprint density at radius 1 is 1.27 bits per heavy atom. The van der Waals surface area contributed by atoms with Crippen molar-refractivity contribution >= 4 is 0 Å². The molecule has 1 unspecified atom stereocenters. The van der Waals surface area contributed by atoms with Gasteiger partial charge in [0.15, 0.2) is 0 Å². The van der Waals surface area contributed by atoms with Crippen molar-refractivity contribution in [2.24, 2.45) is 5.73 Å². The van der Waals surface area contributed by atoms with Crippen molar-refractivity contribution in [3.63, 3.8) is 0 Å². The molecular formula is C13H21NO. The third-order valence-corrected chi connectivity index (χ3v) is 2.43. The first-order valence-corrected chi connectivity index (χ1v) is 5.62.